The standard InChI is InChI=1S/C13H19NO2/c1-11(12-7-3-2-4-8-12)13(16)14-9-5-6-10-15/h2-4,7-8,11,15H,5-6,9-10H2,1H3,(H,14,16). The fraction of sp³-hybridized carbons (Fsp3) is 0.462. The fourth-order valence-corrected chi connectivity index (χ4v) is 1.49. The van der Waals surface area contributed by atoms with Crippen molar-refractivity contribution < 1.29 is 9.90 Å². The molecular formula is C13H19NO2. The smallest absolute Gasteiger partial charge is 0.227 e. The highest BCUT2D eigenvalue weighted by Crippen LogP contribution is 2.14. The molecule has 0 heterocycles. The summed E-state index contributed by atoms with van der Waals surface area (Å²) in [6.45, 7) is 2.72. The van der Waals surface area contributed by atoms with E-state index in [-0.39, 0.29) is 18.4 Å². The number of hydrogen-bond donors (Lipinski definition) is 2. The van der Waals surface area contributed by atoms with Crippen molar-refractivity contribution in [1.29, 1.82) is 0 Å². The van der Waals surface area contributed by atoms with Crippen LogP contribution in [0.5, 0.6) is 0 Å². The molecule has 0 spiro atoms. The van der Waals surface area contributed by atoms with Crippen LogP contribution in [0.1, 0.15) is 31.2 Å². The number of aliphatic hydroxyl groups excluding tert-OH is 1. The third kappa shape index (κ3) is 4.03. The van der Waals surface area contributed by atoms with Gasteiger partial charge in [0.15, 0.2) is 0 Å². The maximum Gasteiger partial charge on any atom is 0.227 e. The predicted molar refractivity (Wildman–Crippen MR) is 64.2 cm³/mol. The molecule has 2 N–H and O–H groups in total. The van der Waals surface area contributed by atoms with Gasteiger partial charge in [-0.25, -0.2) is 0 Å². The van der Waals surface area contributed by atoms with E-state index < -0.39 is 0 Å². The van der Waals surface area contributed by atoms with Crippen molar-refractivity contribution in [3.63, 3.8) is 0 Å². The molecule has 0 radical (unpaired) electrons. The van der Waals surface area contributed by atoms with Gasteiger partial charge in [0, 0.05) is 13.2 Å². The van der Waals surface area contributed by atoms with Gasteiger partial charge in [0.25, 0.3) is 0 Å². The van der Waals surface area contributed by atoms with Gasteiger partial charge in [-0.15, -0.1) is 0 Å². The summed E-state index contributed by atoms with van der Waals surface area (Å²) in [6, 6.07) is 9.72. The number of unbranched alkanes of at least 4 members (excludes halogenated alkanes) is 1. The van der Waals surface area contributed by atoms with Crippen molar-refractivity contribution >= 4 is 5.91 Å². The Bertz CT molecular complexity index is 311. The average molecular weight is 221 g/mol. The van der Waals surface area contributed by atoms with E-state index in [1.165, 1.54) is 0 Å². The zero-order valence-corrected chi connectivity index (χ0v) is 9.65. The minimum absolute atomic E-state index is 0.0455. The maximum atomic E-state index is 11.7. The van der Waals surface area contributed by atoms with Crippen LogP contribution in [0, 0.1) is 0 Å². The minimum atomic E-state index is -0.115. The second kappa shape index (κ2) is 7.01. The Hall–Kier alpha value is -1.35. The number of rotatable bonds is 6. The second-order valence-electron chi connectivity index (χ2n) is 3.85. The zero-order valence-electron chi connectivity index (χ0n) is 9.65. The summed E-state index contributed by atoms with van der Waals surface area (Å²) in [6.07, 6.45) is 1.56. The van der Waals surface area contributed by atoms with Gasteiger partial charge >= 0.3 is 0 Å². The quantitative estimate of drug-likeness (QED) is 0.718. The summed E-state index contributed by atoms with van der Waals surface area (Å²) in [7, 11) is 0. The first kappa shape index (κ1) is 12.7. The first-order valence-electron chi connectivity index (χ1n) is 5.69. The van der Waals surface area contributed by atoms with Gasteiger partial charge in [-0.05, 0) is 25.3 Å². The molecule has 1 amide bonds. The highest BCUT2D eigenvalue weighted by molar-refractivity contribution is 5.83. The van der Waals surface area contributed by atoms with Gasteiger partial charge in [0.2, 0.25) is 5.91 Å². The lowest BCUT2D eigenvalue weighted by molar-refractivity contribution is -0.122. The van der Waals surface area contributed by atoms with Gasteiger partial charge in [-0.2, -0.15) is 0 Å². The van der Waals surface area contributed by atoms with E-state index in [1.54, 1.807) is 0 Å². The third-order valence-corrected chi connectivity index (χ3v) is 2.58. The molecular weight excluding hydrogens is 202 g/mol. The molecule has 0 saturated carbocycles. The number of amides is 1. The number of benzene rings is 1. The molecule has 0 aromatic heterocycles. The van der Waals surface area contributed by atoms with E-state index in [9.17, 15) is 4.79 Å². The van der Waals surface area contributed by atoms with E-state index in [0.717, 1.165) is 18.4 Å². The maximum absolute atomic E-state index is 11.7. The van der Waals surface area contributed by atoms with Crippen molar-refractivity contribution in [1.82, 2.24) is 5.32 Å². The third-order valence-electron chi connectivity index (χ3n) is 2.58. The molecule has 1 aromatic carbocycles. The van der Waals surface area contributed by atoms with Crippen molar-refractivity contribution in [2.45, 2.75) is 25.7 Å². The highest BCUT2D eigenvalue weighted by atomic mass is 16.2. The highest BCUT2D eigenvalue weighted by Gasteiger charge is 2.13. The summed E-state index contributed by atoms with van der Waals surface area (Å²) in [5.74, 6) is -0.0699. The van der Waals surface area contributed by atoms with Crippen LogP contribution in [0.15, 0.2) is 30.3 Å². The molecule has 16 heavy (non-hydrogen) atoms. The van der Waals surface area contributed by atoms with E-state index in [1.807, 2.05) is 37.3 Å². The van der Waals surface area contributed by atoms with Crippen molar-refractivity contribution in [2.24, 2.45) is 0 Å². The SMILES string of the molecule is CC(C(=O)NCCCCO)c1ccccc1. The Kier molecular flexibility index (Phi) is 5.57. The Morgan fingerprint density at radius 1 is 1.31 bits per heavy atom. The fourth-order valence-electron chi connectivity index (χ4n) is 1.49. The van der Waals surface area contributed by atoms with Crippen LogP contribution in [-0.2, 0) is 4.79 Å². The molecule has 0 saturated heterocycles. The first-order valence-corrected chi connectivity index (χ1v) is 5.69. The van der Waals surface area contributed by atoms with Crippen LogP contribution >= 0.6 is 0 Å². The Morgan fingerprint density at radius 2 is 2.00 bits per heavy atom. The molecule has 1 unspecified atom stereocenters. The van der Waals surface area contributed by atoms with Gasteiger partial charge in [0.05, 0.1) is 5.92 Å². The van der Waals surface area contributed by atoms with E-state index in [4.69, 9.17) is 5.11 Å². The number of carbonyl (C=O) groups excluding carboxylic acids is 1. The van der Waals surface area contributed by atoms with Crippen molar-refractivity contribution in [3.05, 3.63) is 35.9 Å². The molecule has 1 atom stereocenters. The predicted octanol–water partition coefficient (Wildman–Crippen LogP) is 1.68. The van der Waals surface area contributed by atoms with Crippen LogP contribution in [0.25, 0.3) is 0 Å². The van der Waals surface area contributed by atoms with Crippen LogP contribution in [0.4, 0.5) is 0 Å². The second-order valence-corrected chi connectivity index (χ2v) is 3.85. The van der Waals surface area contributed by atoms with Crippen molar-refractivity contribution in [2.75, 3.05) is 13.2 Å². The first-order chi connectivity index (χ1) is 7.75. The molecule has 0 aliphatic rings. The molecule has 0 aliphatic heterocycles. The molecule has 1 aromatic rings. The summed E-state index contributed by atoms with van der Waals surface area (Å²) >= 11 is 0. The monoisotopic (exact) mass is 221 g/mol. The lowest BCUT2D eigenvalue weighted by atomic mass is 10.0. The number of aliphatic hydroxyl groups is 1. The summed E-state index contributed by atoms with van der Waals surface area (Å²) in [5, 5.41) is 11.5. The van der Waals surface area contributed by atoms with Crippen LogP contribution in [-0.4, -0.2) is 24.2 Å². The van der Waals surface area contributed by atoms with Crippen molar-refractivity contribution in [3.8, 4) is 0 Å². The molecule has 3 heteroatoms. The summed E-state index contributed by atoms with van der Waals surface area (Å²) in [5.41, 5.74) is 1.03. The summed E-state index contributed by atoms with van der Waals surface area (Å²) in [4.78, 5) is 11.7. The van der Waals surface area contributed by atoms with E-state index >= 15 is 0 Å². The number of hydrogen-bond acceptors (Lipinski definition) is 2. The zero-order chi connectivity index (χ0) is 11.8. The molecule has 0 aliphatic carbocycles. The lowest BCUT2D eigenvalue weighted by Crippen LogP contribution is -2.28. The molecule has 0 bridgehead atoms. The van der Waals surface area contributed by atoms with Crippen LogP contribution < -0.4 is 5.32 Å². The van der Waals surface area contributed by atoms with E-state index in [2.05, 4.69) is 5.32 Å². The summed E-state index contributed by atoms with van der Waals surface area (Å²) < 4.78 is 0. The molecule has 88 valence electrons. The normalized spacial score (nSPS) is 12.1. The van der Waals surface area contributed by atoms with E-state index in [0.29, 0.717) is 6.54 Å². The number of carbonyl (C=O) groups is 1. The molecule has 1 rings (SSSR count). The average Bonchev–Trinajstić information content (AvgIpc) is 2.34. The van der Waals surface area contributed by atoms with Gasteiger partial charge in [-0.1, -0.05) is 30.3 Å². The topological polar surface area (TPSA) is 49.3 Å². The molecule has 0 fully saturated rings. The largest absolute Gasteiger partial charge is 0.396 e. The number of nitrogens with one attached hydrogen (secondary N) is 1. The minimum Gasteiger partial charge on any atom is -0.396 e. The Morgan fingerprint density at radius 3 is 2.62 bits per heavy atom. The molecule has 3 nitrogen and oxygen atoms in total. The van der Waals surface area contributed by atoms with Gasteiger partial charge in [-0.3, -0.25) is 4.79 Å². The van der Waals surface area contributed by atoms with Gasteiger partial charge < -0.3 is 10.4 Å². The Labute approximate surface area is 96.5 Å². The van der Waals surface area contributed by atoms with Gasteiger partial charge in [0.1, 0.15) is 0 Å². The van der Waals surface area contributed by atoms with Crippen LogP contribution in [0.3, 0.4) is 0 Å². The Balaban J connectivity index is 2.37. The lowest BCUT2D eigenvalue weighted by Gasteiger charge is -2.12. The van der Waals surface area contributed by atoms with Crippen LogP contribution in [0.2, 0.25) is 0 Å².